The van der Waals surface area contributed by atoms with Gasteiger partial charge in [-0.15, -0.1) is 0 Å². The fourth-order valence-electron chi connectivity index (χ4n) is 4.15. The molecule has 1 saturated heterocycles. The van der Waals surface area contributed by atoms with Crippen molar-refractivity contribution in [3.63, 3.8) is 0 Å². The molecule has 162 valence electrons. The minimum Gasteiger partial charge on any atom is -0.399 e. The number of nitrogens with zero attached hydrogens (tertiary/aromatic N) is 2. The van der Waals surface area contributed by atoms with Gasteiger partial charge in [0.1, 0.15) is 12.6 Å². The fraction of sp³-hybridized carbons (Fsp3) is 0.304. The molecule has 1 atom stereocenters. The number of primary amides is 2. The van der Waals surface area contributed by atoms with Gasteiger partial charge in [0.05, 0.1) is 18.7 Å². The summed E-state index contributed by atoms with van der Waals surface area (Å²) in [6.45, 7) is 3.87. The van der Waals surface area contributed by atoms with Crippen LogP contribution in [0.4, 0.5) is 0 Å². The van der Waals surface area contributed by atoms with Crippen LogP contribution in [-0.2, 0) is 14.4 Å². The van der Waals surface area contributed by atoms with Gasteiger partial charge in [-0.3, -0.25) is 14.4 Å². The standard InChI is InChI=1S/C23H26N4O4/c1-14-6-4-5-7-18(14)16-8-9-19(15(2)10-16)21(29)27-13-17(26-31-3)11-23(27,22(25)30)12-20(24)28/h4-10H,11-13H2,1-3H3,(H2,24,28)(H2,25,30). The molecule has 1 fully saturated rings. The SMILES string of the molecule is CON=C1CN(C(=O)c2ccc(-c3ccccc3C)cc2C)C(CC(N)=O)(C(N)=O)C1. The number of oxime groups is 1. The fourth-order valence-corrected chi connectivity index (χ4v) is 4.15. The van der Waals surface area contributed by atoms with E-state index in [-0.39, 0.29) is 13.0 Å². The lowest BCUT2D eigenvalue weighted by molar-refractivity contribution is -0.132. The average Bonchev–Trinajstić information content (AvgIpc) is 3.06. The third-order valence-corrected chi connectivity index (χ3v) is 5.66. The van der Waals surface area contributed by atoms with Crippen molar-refractivity contribution in [1.82, 2.24) is 4.90 Å². The number of amides is 3. The van der Waals surface area contributed by atoms with Crippen LogP contribution in [0.25, 0.3) is 11.1 Å². The highest BCUT2D eigenvalue weighted by Gasteiger charge is 2.52. The van der Waals surface area contributed by atoms with Crippen LogP contribution >= 0.6 is 0 Å². The van der Waals surface area contributed by atoms with E-state index in [2.05, 4.69) is 5.16 Å². The molecule has 3 rings (SSSR count). The normalized spacial score (nSPS) is 19.5. The number of carbonyl (C=O) groups is 3. The van der Waals surface area contributed by atoms with Gasteiger partial charge in [0.15, 0.2) is 0 Å². The Bertz CT molecular complexity index is 1080. The monoisotopic (exact) mass is 422 g/mol. The Morgan fingerprint density at radius 1 is 1.10 bits per heavy atom. The van der Waals surface area contributed by atoms with Crippen molar-refractivity contribution in [2.75, 3.05) is 13.7 Å². The molecule has 0 spiro atoms. The maximum atomic E-state index is 13.5. The zero-order chi connectivity index (χ0) is 22.8. The van der Waals surface area contributed by atoms with Crippen LogP contribution in [0.15, 0.2) is 47.6 Å². The molecule has 1 aliphatic rings. The summed E-state index contributed by atoms with van der Waals surface area (Å²) in [6, 6.07) is 13.5. The summed E-state index contributed by atoms with van der Waals surface area (Å²) in [5.41, 5.74) is 14.2. The summed E-state index contributed by atoms with van der Waals surface area (Å²) < 4.78 is 0. The topological polar surface area (TPSA) is 128 Å². The van der Waals surface area contributed by atoms with Gasteiger partial charge in [0, 0.05) is 12.0 Å². The molecule has 1 heterocycles. The molecule has 1 aliphatic heterocycles. The third-order valence-electron chi connectivity index (χ3n) is 5.66. The van der Waals surface area contributed by atoms with Crippen LogP contribution in [0.3, 0.4) is 0 Å². The Labute approximate surface area is 180 Å². The van der Waals surface area contributed by atoms with E-state index in [1.54, 1.807) is 6.07 Å². The van der Waals surface area contributed by atoms with Gasteiger partial charge in [0.25, 0.3) is 5.91 Å². The molecule has 0 saturated carbocycles. The molecule has 0 radical (unpaired) electrons. The van der Waals surface area contributed by atoms with Crippen molar-refractivity contribution in [2.45, 2.75) is 32.2 Å². The number of hydrogen-bond donors (Lipinski definition) is 2. The molecule has 2 aromatic rings. The van der Waals surface area contributed by atoms with E-state index < -0.39 is 29.7 Å². The Balaban J connectivity index is 2.03. The summed E-state index contributed by atoms with van der Waals surface area (Å²) in [7, 11) is 1.37. The lowest BCUT2D eigenvalue weighted by Gasteiger charge is -2.34. The predicted octanol–water partition coefficient (Wildman–Crippen LogP) is 1.92. The van der Waals surface area contributed by atoms with Crippen LogP contribution in [0.1, 0.15) is 34.3 Å². The molecule has 4 N–H and O–H groups in total. The maximum absolute atomic E-state index is 13.5. The van der Waals surface area contributed by atoms with Crippen molar-refractivity contribution in [2.24, 2.45) is 16.6 Å². The number of aryl methyl sites for hydroxylation is 2. The molecule has 31 heavy (non-hydrogen) atoms. The number of rotatable bonds is 6. The Morgan fingerprint density at radius 2 is 1.81 bits per heavy atom. The molecule has 8 nitrogen and oxygen atoms in total. The highest BCUT2D eigenvalue weighted by Crippen LogP contribution is 2.34. The highest BCUT2D eigenvalue weighted by atomic mass is 16.6. The highest BCUT2D eigenvalue weighted by molar-refractivity contribution is 6.09. The van der Waals surface area contributed by atoms with E-state index in [9.17, 15) is 14.4 Å². The van der Waals surface area contributed by atoms with Crippen LogP contribution in [0, 0.1) is 13.8 Å². The average molecular weight is 422 g/mol. The van der Waals surface area contributed by atoms with Crippen LogP contribution in [-0.4, -0.2) is 47.5 Å². The number of benzene rings is 2. The van der Waals surface area contributed by atoms with Gasteiger partial charge in [-0.1, -0.05) is 41.6 Å². The quantitative estimate of drug-likeness (QED) is 0.689. The van der Waals surface area contributed by atoms with E-state index in [4.69, 9.17) is 16.3 Å². The lowest BCUT2D eigenvalue weighted by Crippen LogP contribution is -2.57. The van der Waals surface area contributed by atoms with Gasteiger partial charge >= 0.3 is 0 Å². The van der Waals surface area contributed by atoms with Crippen molar-refractivity contribution in [1.29, 1.82) is 0 Å². The first kappa shape index (κ1) is 22.0. The zero-order valence-corrected chi connectivity index (χ0v) is 17.8. The molecular weight excluding hydrogens is 396 g/mol. The largest absolute Gasteiger partial charge is 0.399 e. The Morgan fingerprint density at radius 3 is 2.39 bits per heavy atom. The van der Waals surface area contributed by atoms with Gasteiger partial charge in [-0.2, -0.15) is 0 Å². The molecule has 0 aromatic heterocycles. The van der Waals surface area contributed by atoms with E-state index in [1.165, 1.54) is 12.0 Å². The van der Waals surface area contributed by atoms with Gasteiger partial charge in [-0.25, -0.2) is 0 Å². The molecule has 8 heteroatoms. The van der Waals surface area contributed by atoms with E-state index in [0.29, 0.717) is 11.3 Å². The molecule has 2 aromatic carbocycles. The number of carbonyl (C=O) groups excluding carboxylic acids is 3. The molecular formula is C23H26N4O4. The van der Waals surface area contributed by atoms with Gasteiger partial charge in [-0.05, 0) is 42.2 Å². The van der Waals surface area contributed by atoms with Crippen LogP contribution in [0.5, 0.6) is 0 Å². The second kappa shape index (κ2) is 8.59. The molecule has 0 bridgehead atoms. The summed E-state index contributed by atoms with van der Waals surface area (Å²) in [4.78, 5) is 43.8. The second-order valence-electron chi connectivity index (χ2n) is 7.79. The van der Waals surface area contributed by atoms with Gasteiger partial charge in [0.2, 0.25) is 11.8 Å². The Kier molecular flexibility index (Phi) is 6.10. The summed E-state index contributed by atoms with van der Waals surface area (Å²) in [5, 5.41) is 3.88. The number of hydrogen-bond acceptors (Lipinski definition) is 5. The first-order chi connectivity index (χ1) is 14.7. The molecule has 1 unspecified atom stereocenters. The predicted molar refractivity (Wildman–Crippen MR) is 117 cm³/mol. The molecule has 3 amide bonds. The summed E-state index contributed by atoms with van der Waals surface area (Å²) in [6.07, 6.45) is -0.400. The van der Waals surface area contributed by atoms with Crippen molar-refractivity contribution >= 4 is 23.4 Å². The first-order valence-electron chi connectivity index (χ1n) is 9.85. The van der Waals surface area contributed by atoms with Crippen molar-refractivity contribution < 1.29 is 19.2 Å². The summed E-state index contributed by atoms with van der Waals surface area (Å²) in [5.74, 6) is -1.97. The number of likely N-dealkylation sites (tertiary alicyclic amines) is 1. The maximum Gasteiger partial charge on any atom is 0.255 e. The van der Waals surface area contributed by atoms with E-state index in [0.717, 1.165) is 22.3 Å². The van der Waals surface area contributed by atoms with Gasteiger partial charge < -0.3 is 21.2 Å². The Hall–Kier alpha value is -3.68. The first-order valence-corrected chi connectivity index (χ1v) is 9.85. The summed E-state index contributed by atoms with van der Waals surface area (Å²) >= 11 is 0. The van der Waals surface area contributed by atoms with Crippen LogP contribution < -0.4 is 11.5 Å². The second-order valence-corrected chi connectivity index (χ2v) is 7.79. The minimum atomic E-state index is -1.58. The van der Waals surface area contributed by atoms with Crippen LogP contribution in [0.2, 0.25) is 0 Å². The van der Waals surface area contributed by atoms with E-state index in [1.807, 2.05) is 50.2 Å². The molecule has 0 aliphatic carbocycles. The van der Waals surface area contributed by atoms with Crippen molar-refractivity contribution in [3.05, 3.63) is 59.2 Å². The number of nitrogens with two attached hydrogens (primary N) is 2. The van der Waals surface area contributed by atoms with E-state index >= 15 is 0 Å². The lowest BCUT2D eigenvalue weighted by atomic mass is 9.89. The zero-order valence-electron chi connectivity index (χ0n) is 17.8. The smallest absolute Gasteiger partial charge is 0.255 e. The van der Waals surface area contributed by atoms with Crippen molar-refractivity contribution in [3.8, 4) is 11.1 Å². The minimum absolute atomic E-state index is 0.00874. The third kappa shape index (κ3) is 4.14.